The van der Waals surface area contributed by atoms with E-state index < -0.39 is 6.10 Å². The van der Waals surface area contributed by atoms with Gasteiger partial charge >= 0.3 is 17.9 Å². The molecule has 356 valence electrons. The van der Waals surface area contributed by atoms with Crippen LogP contribution in [0.2, 0.25) is 0 Å². The SMILES string of the molecule is CCCCCCCCCCCCCCCCC(=O)OC[C@@H](COC(=O)CCCCCCCCCC(C)C)OC(=O)CCCCCCCCCCCCCCCCC(C)CC. The fourth-order valence-corrected chi connectivity index (χ4v) is 8.13. The largest absolute Gasteiger partial charge is 0.462 e. The molecule has 0 saturated carbocycles. The smallest absolute Gasteiger partial charge is 0.306 e. The average molecular weight is 849 g/mol. The van der Waals surface area contributed by atoms with E-state index in [2.05, 4.69) is 34.6 Å². The highest BCUT2D eigenvalue weighted by Crippen LogP contribution is 2.18. The first-order valence-electron chi connectivity index (χ1n) is 26.8. The Labute approximate surface area is 374 Å². The lowest BCUT2D eigenvalue weighted by Gasteiger charge is -2.18. The molecule has 0 amide bonds. The third-order valence-corrected chi connectivity index (χ3v) is 12.6. The summed E-state index contributed by atoms with van der Waals surface area (Å²) in [6, 6.07) is 0. The zero-order valence-electron chi connectivity index (χ0n) is 41.1. The quantitative estimate of drug-likeness (QED) is 0.0345. The molecule has 0 rings (SSSR count). The summed E-state index contributed by atoms with van der Waals surface area (Å²) in [6.45, 7) is 11.4. The molecule has 0 heterocycles. The minimum atomic E-state index is -0.762. The first kappa shape index (κ1) is 58.4. The fraction of sp³-hybridized carbons (Fsp3) is 0.944. The normalized spacial score (nSPS) is 12.5. The van der Waals surface area contributed by atoms with Gasteiger partial charge in [0.1, 0.15) is 13.2 Å². The van der Waals surface area contributed by atoms with Crippen LogP contribution in [-0.2, 0) is 28.6 Å². The molecule has 0 aliphatic heterocycles. The Hall–Kier alpha value is -1.59. The van der Waals surface area contributed by atoms with Crippen molar-refractivity contribution in [1.82, 2.24) is 0 Å². The predicted molar refractivity (Wildman–Crippen MR) is 256 cm³/mol. The fourth-order valence-electron chi connectivity index (χ4n) is 8.13. The lowest BCUT2D eigenvalue weighted by atomic mass is 9.99. The molecule has 0 fully saturated rings. The van der Waals surface area contributed by atoms with E-state index in [-0.39, 0.29) is 31.1 Å². The third kappa shape index (κ3) is 45.9. The molecule has 0 bridgehead atoms. The van der Waals surface area contributed by atoms with E-state index in [1.54, 1.807) is 0 Å². The Morgan fingerprint density at radius 1 is 0.350 bits per heavy atom. The second kappa shape index (κ2) is 46.9. The number of hydrogen-bond acceptors (Lipinski definition) is 6. The van der Waals surface area contributed by atoms with Crippen LogP contribution in [0.5, 0.6) is 0 Å². The molecule has 60 heavy (non-hydrogen) atoms. The first-order valence-corrected chi connectivity index (χ1v) is 26.8. The number of unbranched alkanes of at least 4 members (excludes halogenated alkanes) is 32. The highest BCUT2D eigenvalue weighted by Gasteiger charge is 2.19. The molecule has 0 radical (unpaired) electrons. The summed E-state index contributed by atoms with van der Waals surface area (Å²) < 4.78 is 16.8. The molecule has 6 heteroatoms. The van der Waals surface area contributed by atoms with Gasteiger partial charge < -0.3 is 14.2 Å². The van der Waals surface area contributed by atoms with Gasteiger partial charge in [0, 0.05) is 19.3 Å². The summed E-state index contributed by atoms with van der Waals surface area (Å²) in [5, 5.41) is 0. The standard InChI is InChI=1S/C54H104O6/c1-6-8-9-10-11-12-13-14-18-21-24-29-34-39-44-52(55)58-47-51(48-59-53(56)45-40-35-31-26-27-32-37-42-49(3)4)60-54(57)46-41-36-30-25-22-19-16-15-17-20-23-28-33-38-43-50(5)7-2/h49-51H,6-48H2,1-5H3/t50?,51-/m0/s1. The van der Waals surface area contributed by atoms with Gasteiger partial charge in [0.2, 0.25) is 0 Å². The maximum atomic E-state index is 12.8. The van der Waals surface area contributed by atoms with Crippen molar-refractivity contribution >= 4 is 17.9 Å². The highest BCUT2D eigenvalue weighted by atomic mass is 16.6. The van der Waals surface area contributed by atoms with Crippen LogP contribution in [0.3, 0.4) is 0 Å². The zero-order valence-corrected chi connectivity index (χ0v) is 41.1. The Kier molecular flexibility index (Phi) is 45.7. The summed E-state index contributed by atoms with van der Waals surface area (Å²) in [7, 11) is 0. The Morgan fingerprint density at radius 3 is 0.950 bits per heavy atom. The number of rotatable bonds is 48. The molecule has 0 aliphatic rings. The molecule has 0 saturated heterocycles. The van der Waals surface area contributed by atoms with Gasteiger partial charge in [-0.05, 0) is 31.1 Å². The van der Waals surface area contributed by atoms with Crippen molar-refractivity contribution in [3.05, 3.63) is 0 Å². The van der Waals surface area contributed by atoms with Gasteiger partial charge in [-0.1, -0.05) is 259 Å². The number of esters is 3. The van der Waals surface area contributed by atoms with Crippen molar-refractivity contribution in [2.45, 2.75) is 304 Å². The average Bonchev–Trinajstić information content (AvgIpc) is 3.23. The van der Waals surface area contributed by atoms with Crippen LogP contribution in [-0.4, -0.2) is 37.2 Å². The second-order valence-electron chi connectivity index (χ2n) is 19.2. The van der Waals surface area contributed by atoms with Crippen LogP contribution >= 0.6 is 0 Å². The lowest BCUT2D eigenvalue weighted by Crippen LogP contribution is -2.30. The van der Waals surface area contributed by atoms with Crippen molar-refractivity contribution in [3.63, 3.8) is 0 Å². The van der Waals surface area contributed by atoms with Gasteiger partial charge in [0.05, 0.1) is 0 Å². The summed E-state index contributed by atoms with van der Waals surface area (Å²) >= 11 is 0. The van der Waals surface area contributed by atoms with Gasteiger partial charge in [0.15, 0.2) is 6.10 Å². The van der Waals surface area contributed by atoms with Crippen molar-refractivity contribution in [3.8, 4) is 0 Å². The topological polar surface area (TPSA) is 78.9 Å². The van der Waals surface area contributed by atoms with Gasteiger partial charge in [-0.25, -0.2) is 0 Å². The molecule has 2 atom stereocenters. The molecular formula is C54H104O6. The number of hydrogen-bond donors (Lipinski definition) is 0. The van der Waals surface area contributed by atoms with Crippen LogP contribution in [0.15, 0.2) is 0 Å². The van der Waals surface area contributed by atoms with Crippen LogP contribution in [0.4, 0.5) is 0 Å². The zero-order chi connectivity index (χ0) is 44.0. The van der Waals surface area contributed by atoms with Gasteiger partial charge in [-0.15, -0.1) is 0 Å². The van der Waals surface area contributed by atoms with Gasteiger partial charge in [-0.2, -0.15) is 0 Å². The van der Waals surface area contributed by atoms with Gasteiger partial charge in [0.25, 0.3) is 0 Å². The Morgan fingerprint density at radius 2 is 0.633 bits per heavy atom. The third-order valence-electron chi connectivity index (χ3n) is 12.6. The van der Waals surface area contributed by atoms with E-state index in [9.17, 15) is 14.4 Å². The first-order chi connectivity index (χ1) is 29.3. The van der Waals surface area contributed by atoms with Crippen LogP contribution in [0.1, 0.15) is 298 Å². The second-order valence-corrected chi connectivity index (χ2v) is 19.2. The molecular weight excluding hydrogens is 745 g/mol. The number of carbonyl (C=O) groups is 3. The summed E-state index contributed by atoms with van der Waals surface area (Å²) in [4.78, 5) is 37.9. The van der Waals surface area contributed by atoms with Gasteiger partial charge in [-0.3, -0.25) is 14.4 Å². The van der Waals surface area contributed by atoms with Crippen LogP contribution < -0.4 is 0 Å². The van der Waals surface area contributed by atoms with E-state index in [1.165, 1.54) is 186 Å². The van der Waals surface area contributed by atoms with Crippen molar-refractivity contribution in [1.29, 1.82) is 0 Å². The van der Waals surface area contributed by atoms with Crippen molar-refractivity contribution < 1.29 is 28.6 Å². The summed E-state index contributed by atoms with van der Waals surface area (Å²) in [5.41, 5.74) is 0. The molecule has 0 aromatic heterocycles. The molecule has 0 aliphatic carbocycles. The van der Waals surface area contributed by atoms with Crippen molar-refractivity contribution in [2.24, 2.45) is 11.8 Å². The minimum Gasteiger partial charge on any atom is -0.462 e. The van der Waals surface area contributed by atoms with Crippen LogP contribution in [0.25, 0.3) is 0 Å². The van der Waals surface area contributed by atoms with E-state index in [4.69, 9.17) is 14.2 Å². The maximum absolute atomic E-state index is 12.8. The number of ether oxygens (including phenoxy) is 3. The Bertz CT molecular complexity index is 918. The number of carbonyl (C=O) groups excluding carboxylic acids is 3. The molecule has 0 spiro atoms. The van der Waals surface area contributed by atoms with E-state index in [0.29, 0.717) is 19.3 Å². The minimum absolute atomic E-state index is 0.0638. The molecule has 0 N–H and O–H groups in total. The highest BCUT2D eigenvalue weighted by molar-refractivity contribution is 5.71. The Balaban J connectivity index is 4.28. The van der Waals surface area contributed by atoms with E-state index in [1.807, 2.05) is 0 Å². The van der Waals surface area contributed by atoms with E-state index in [0.717, 1.165) is 69.6 Å². The maximum Gasteiger partial charge on any atom is 0.306 e. The summed E-state index contributed by atoms with van der Waals surface area (Å²) in [6.07, 6.45) is 48.0. The van der Waals surface area contributed by atoms with E-state index >= 15 is 0 Å². The monoisotopic (exact) mass is 849 g/mol. The lowest BCUT2D eigenvalue weighted by molar-refractivity contribution is -0.167. The van der Waals surface area contributed by atoms with Crippen LogP contribution in [0, 0.1) is 11.8 Å². The summed E-state index contributed by atoms with van der Waals surface area (Å²) in [5.74, 6) is 0.828. The van der Waals surface area contributed by atoms with Crippen molar-refractivity contribution in [2.75, 3.05) is 13.2 Å². The molecule has 0 aromatic carbocycles. The molecule has 6 nitrogen and oxygen atoms in total. The predicted octanol–water partition coefficient (Wildman–Crippen LogP) is 17.3. The molecule has 0 aromatic rings. The molecule has 1 unspecified atom stereocenters.